The number of para-hydroxylation sites is 1. The van der Waals surface area contributed by atoms with Gasteiger partial charge in [0, 0.05) is 48.3 Å². The molecule has 1 aromatic heterocycles. The lowest BCUT2D eigenvalue weighted by atomic mass is 10.1. The molecule has 8 heteroatoms. The number of Topliss-reactive ketones (excluding diaryl/α,β-unsaturated/α-hetero) is 1. The number of aliphatic hydroxyl groups excluding tert-OH is 1. The monoisotopic (exact) mass is 434 g/mol. The van der Waals surface area contributed by atoms with Crippen molar-refractivity contribution in [3.05, 3.63) is 65.9 Å². The van der Waals surface area contributed by atoms with Crippen LogP contribution in [0.3, 0.4) is 0 Å². The molecule has 0 bridgehead atoms. The molecule has 3 N–H and O–H groups in total. The van der Waals surface area contributed by atoms with Gasteiger partial charge in [0.15, 0.2) is 5.78 Å². The minimum atomic E-state index is -1.00. The molecule has 3 aromatic rings. The van der Waals surface area contributed by atoms with Gasteiger partial charge < -0.3 is 25.2 Å². The third-order valence-corrected chi connectivity index (χ3v) is 5.79. The van der Waals surface area contributed by atoms with Crippen molar-refractivity contribution in [2.24, 2.45) is 0 Å². The smallest absolute Gasteiger partial charge is 0.268 e. The Hall–Kier alpha value is -3.65. The molecule has 1 saturated heterocycles. The summed E-state index contributed by atoms with van der Waals surface area (Å²) in [4.78, 5) is 43.8. The topological polar surface area (TPSA) is 106 Å². The van der Waals surface area contributed by atoms with Crippen molar-refractivity contribution >= 4 is 34.2 Å². The van der Waals surface area contributed by atoms with Gasteiger partial charge in [0.05, 0.1) is 6.61 Å². The van der Waals surface area contributed by atoms with Crippen LogP contribution < -0.4 is 10.2 Å². The zero-order valence-corrected chi connectivity index (χ0v) is 17.9. The van der Waals surface area contributed by atoms with E-state index in [1.54, 1.807) is 23.1 Å². The van der Waals surface area contributed by atoms with Gasteiger partial charge in [-0.3, -0.25) is 14.4 Å². The van der Waals surface area contributed by atoms with Crippen molar-refractivity contribution in [3.63, 3.8) is 0 Å². The number of amides is 2. The number of nitrogens with zero attached hydrogens (tertiary/aromatic N) is 2. The lowest BCUT2D eigenvalue weighted by Crippen LogP contribution is -2.56. The van der Waals surface area contributed by atoms with E-state index in [1.165, 1.54) is 6.92 Å². The minimum Gasteiger partial charge on any atom is -0.394 e. The first-order valence-corrected chi connectivity index (χ1v) is 10.6. The zero-order valence-electron chi connectivity index (χ0n) is 17.9. The Morgan fingerprint density at radius 3 is 2.34 bits per heavy atom. The molecule has 2 heterocycles. The molecule has 0 unspecified atom stereocenters. The fourth-order valence-electron chi connectivity index (χ4n) is 3.93. The Balaban J connectivity index is 1.35. The highest BCUT2D eigenvalue weighted by molar-refractivity contribution is 6.00. The van der Waals surface area contributed by atoms with E-state index in [0.29, 0.717) is 37.4 Å². The fraction of sp³-hybridized carbons (Fsp3) is 0.292. The summed E-state index contributed by atoms with van der Waals surface area (Å²) in [5, 5.41) is 13.3. The Morgan fingerprint density at radius 1 is 1.03 bits per heavy atom. The molecule has 8 nitrogen and oxygen atoms in total. The molecule has 166 valence electrons. The molecule has 32 heavy (non-hydrogen) atoms. The van der Waals surface area contributed by atoms with Gasteiger partial charge in [0.1, 0.15) is 11.7 Å². The van der Waals surface area contributed by atoms with E-state index in [0.717, 1.165) is 16.6 Å². The number of carbonyl (C=O) groups is 3. The summed E-state index contributed by atoms with van der Waals surface area (Å²) in [5.74, 6) is -0.710. The van der Waals surface area contributed by atoms with Crippen LogP contribution in [0.4, 0.5) is 5.69 Å². The number of carbonyl (C=O) groups excluding carboxylic acids is 3. The normalized spacial score (nSPS) is 14.9. The maximum Gasteiger partial charge on any atom is 0.268 e. The summed E-state index contributed by atoms with van der Waals surface area (Å²) < 4.78 is 0. The summed E-state index contributed by atoms with van der Waals surface area (Å²) in [6.45, 7) is 3.27. The number of nitrogens with one attached hydrogen (secondary N) is 2. The number of anilines is 1. The summed E-state index contributed by atoms with van der Waals surface area (Å²) in [7, 11) is 0. The lowest BCUT2D eigenvalue weighted by molar-refractivity contribution is -0.134. The second kappa shape index (κ2) is 9.23. The number of hydrogen-bond donors (Lipinski definition) is 3. The zero-order chi connectivity index (χ0) is 22.7. The Labute approximate surface area is 185 Å². The van der Waals surface area contributed by atoms with Crippen molar-refractivity contribution in [2.45, 2.75) is 13.0 Å². The van der Waals surface area contributed by atoms with Crippen LogP contribution in [0, 0.1) is 0 Å². The predicted molar refractivity (Wildman–Crippen MR) is 122 cm³/mol. The third kappa shape index (κ3) is 4.50. The highest BCUT2D eigenvalue weighted by Gasteiger charge is 2.29. The van der Waals surface area contributed by atoms with E-state index in [4.69, 9.17) is 0 Å². The first kappa shape index (κ1) is 21.6. The Morgan fingerprint density at radius 2 is 1.72 bits per heavy atom. The number of aliphatic hydroxyl groups is 1. The predicted octanol–water partition coefficient (Wildman–Crippen LogP) is 1.81. The van der Waals surface area contributed by atoms with Crippen LogP contribution in [-0.4, -0.2) is 71.4 Å². The van der Waals surface area contributed by atoms with Crippen LogP contribution in [0.15, 0.2) is 54.6 Å². The molecule has 0 aliphatic carbocycles. The molecule has 1 fully saturated rings. The van der Waals surface area contributed by atoms with Gasteiger partial charge in [-0.25, -0.2) is 0 Å². The lowest BCUT2D eigenvalue weighted by Gasteiger charge is -2.37. The highest BCUT2D eigenvalue weighted by Crippen LogP contribution is 2.18. The quantitative estimate of drug-likeness (QED) is 0.513. The van der Waals surface area contributed by atoms with Crippen molar-refractivity contribution < 1.29 is 19.5 Å². The summed E-state index contributed by atoms with van der Waals surface area (Å²) in [6, 6.07) is 15.7. The van der Waals surface area contributed by atoms with Crippen LogP contribution in [0.2, 0.25) is 0 Å². The first-order valence-electron chi connectivity index (χ1n) is 10.6. The van der Waals surface area contributed by atoms with E-state index in [2.05, 4.69) is 15.2 Å². The van der Waals surface area contributed by atoms with Gasteiger partial charge in [-0.1, -0.05) is 18.2 Å². The number of fused-ring (bicyclic) bond motifs is 1. The van der Waals surface area contributed by atoms with Crippen LogP contribution >= 0.6 is 0 Å². The number of H-pyrrole nitrogens is 1. The van der Waals surface area contributed by atoms with Crippen LogP contribution in [0.25, 0.3) is 10.9 Å². The minimum absolute atomic E-state index is 0.0245. The van der Waals surface area contributed by atoms with E-state index in [9.17, 15) is 19.5 Å². The van der Waals surface area contributed by atoms with E-state index < -0.39 is 18.6 Å². The van der Waals surface area contributed by atoms with Gasteiger partial charge in [0.2, 0.25) is 5.91 Å². The second-order valence-electron chi connectivity index (χ2n) is 7.89. The van der Waals surface area contributed by atoms with E-state index in [1.807, 2.05) is 36.4 Å². The van der Waals surface area contributed by atoms with Crippen molar-refractivity contribution in [3.8, 4) is 0 Å². The largest absolute Gasteiger partial charge is 0.394 e. The molecule has 0 saturated carbocycles. The molecule has 2 aromatic carbocycles. The molecule has 1 aliphatic heterocycles. The molecular formula is C24H26N4O4. The highest BCUT2D eigenvalue weighted by atomic mass is 16.3. The molecule has 0 spiro atoms. The number of aromatic amines is 1. The Bertz CT molecular complexity index is 1100. The van der Waals surface area contributed by atoms with E-state index >= 15 is 0 Å². The van der Waals surface area contributed by atoms with Gasteiger partial charge in [-0.2, -0.15) is 0 Å². The number of hydrogen-bond acceptors (Lipinski definition) is 5. The molecular weight excluding hydrogens is 408 g/mol. The molecule has 2 amide bonds. The fourth-order valence-corrected chi connectivity index (χ4v) is 3.93. The Kier molecular flexibility index (Phi) is 6.23. The summed E-state index contributed by atoms with van der Waals surface area (Å²) in [6.07, 6.45) is 0. The average molecular weight is 434 g/mol. The molecule has 4 rings (SSSR count). The van der Waals surface area contributed by atoms with Gasteiger partial charge >= 0.3 is 0 Å². The van der Waals surface area contributed by atoms with E-state index in [-0.39, 0.29) is 11.7 Å². The van der Waals surface area contributed by atoms with Crippen molar-refractivity contribution in [2.75, 3.05) is 37.7 Å². The number of piperazine rings is 1. The second-order valence-corrected chi connectivity index (χ2v) is 7.89. The van der Waals surface area contributed by atoms with Crippen LogP contribution in [-0.2, 0) is 4.79 Å². The van der Waals surface area contributed by atoms with Gasteiger partial charge in [-0.05, 0) is 43.3 Å². The maximum atomic E-state index is 12.9. The van der Waals surface area contributed by atoms with Crippen LogP contribution in [0.5, 0.6) is 0 Å². The number of benzene rings is 2. The number of aromatic nitrogens is 1. The van der Waals surface area contributed by atoms with Crippen LogP contribution in [0.1, 0.15) is 27.8 Å². The van der Waals surface area contributed by atoms with Crippen molar-refractivity contribution in [1.29, 1.82) is 0 Å². The molecule has 1 aliphatic rings. The third-order valence-electron chi connectivity index (χ3n) is 5.79. The molecule has 0 radical (unpaired) electrons. The SMILES string of the molecule is CC(=O)c1ccc(N2CCN(C(=O)[C@H](CO)NC(=O)c3cc4ccccc4[nH]3)CC2)cc1. The number of ketones is 1. The van der Waals surface area contributed by atoms with Gasteiger partial charge in [-0.15, -0.1) is 0 Å². The summed E-state index contributed by atoms with van der Waals surface area (Å²) >= 11 is 0. The maximum absolute atomic E-state index is 12.9. The number of rotatable bonds is 6. The van der Waals surface area contributed by atoms with Crippen molar-refractivity contribution in [1.82, 2.24) is 15.2 Å². The average Bonchev–Trinajstić information content (AvgIpc) is 3.27. The first-order chi connectivity index (χ1) is 15.5. The van der Waals surface area contributed by atoms with Gasteiger partial charge in [0.25, 0.3) is 5.91 Å². The standard InChI is InChI=1S/C24H26N4O4/c1-16(30)17-6-8-19(9-7-17)27-10-12-28(13-11-27)24(32)22(15-29)26-23(31)21-14-18-4-2-3-5-20(18)25-21/h2-9,14,22,25,29H,10-13,15H2,1H3,(H,26,31)/t22-/m0/s1. The summed E-state index contributed by atoms with van der Waals surface area (Å²) in [5.41, 5.74) is 2.83. The molecule has 1 atom stereocenters.